The molecular formula is C24H30FN3O5. The summed E-state index contributed by atoms with van der Waals surface area (Å²) < 4.78 is 24.3. The zero-order chi connectivity index (χ0) is 23.8. The number of furan rings is 1. The van der Waals surface area contributed by atoms with Gasteiger partial charge in [-0.25, -0.2) is 4.39 Å². The third-order valence-electron chi connectivity index (χ3n) is 5.60. The minimum atomic E-state index is -1.27. The lowest BCUT2D eigenvalue weighted by molar-refractivity contribution is -0.139. The molecule has 0 spiro atoms. The summed E-state index contributed by atoms with van der Waals surface area (Å²) in [6, 6.07) is 6.93. The Kier molecular flexibility index (Phi) is 8.59. The topological polar surface area (TPSA) is 101 Å². The van der Waals surface area contributed by atoms with Crippen LogP contribution in [0.4, 0.5) is 10.1 Å². The van der Waals surface area contributed by atoms with Crippen LogP contribution in [0.25, 0.3) is 0 Å². The zero-order valence-corrected chi connectivity index (χ0v) is 18.9. The molecule has 1 heterocycles. The van der Waals surface area contributed by atoms with E-state index in [4.69, 9.17) is 9.15 Å². The molecule has 0 aliphatic heterocycles. The molecule has 0 saturated heterocycles. The minimum absolute atomic E-state index is 0.0925. The molecular weight excluding hydrogens is 429 g/mol. The predicted molar refractivity (Wildman–Crippen MR) is 120 cm³/mol. The molecule has 1 aromatic carbocycles. The maximum atomic E-state index is 13.6. The first kappa shape index (κ1) is 24.4. The average Bonchev–Trinajstić information content (AvgIpc) is 3.24. The lowest BCUT2D eigenvalue weighted by atomic mass is 9.95. The van der Waals surface area contributed by atoms with Crippen LogP contribution in [0.15, 0.2) is 40.8 Å². The molecule has 3 amide bonds. The minimum Gasteiger partial charge on any atom is -0.464 e. The number of ether oxygens (including phenoxy) is 1. The maximum absolute atomic E-state index is 13.6. The molecule has 1 atom stereocenters. The Bertz CT molecular complexity index is 953. The molecule has 1 aromatic heterocycles. The second-order valence-electron chi connectivity index (χ2n) is 8.09. The number of carbonyl (C=O) groups is 3. The number of aryl methyl sites for hydroxylation is 1. The van der Waals surface area contributed by atoms with Crippen LogP contribution in [0.1, 0.15) is 49.7 Å². The number of carbonyl (C=O) groups excluding carboxylic acids is 3. The van der Waals surface area contributed by atoms with Gasteiger partial charge < -0.3 is 19.8 Å². The second kappa shape index (κ2) is 11.6. The fourth-order valence-electron chi connectivity index (χ4n) is 3.94. The fourth-order valence-corrected chi connectivity index (χ4v) is 3.94. The van der Waals surface area contributed by atoms with Crippen molar-refractivity contribution in [2.24, 2.45) is 0 Å². The quantitative estimate of drug-likeness (QED) is 0.467. The third kappa shape index (κ3) is 6.41. The van der Waals surface area contributed by atoms with E-state index in [1.807, 2.05) is 0 Å². The highest BCUT2D eigenvalue weighted by Gasteiger charge is 2.38. The normalized spacial score (nSPS) is 15.0. The smallest absolute Gasteiger partial charge is 0.317 e. The van der Waals surface area contributed by atoms with E-state index in [9.17, 15) is 18.8 Å². The summed E-state index contributed by atoms with van der Waals surface area (Å²) in [6.07, 6.45) is 4.67. The standard InChI is InChI=1S/C24H30FN3O5/c1-16-8-13-20(33-16)21(22(29)26-14-15-32-2)28(19-11-9-17(25)10-12-19)24(31)23(30)27-18-6-4-3-5-7-18/h8-13,18,21H,3-7,14-15H2,1-2H3,(H,26,29)(H,27,30)/t21-/m1/s1. The molecule has 2 aromatic rings. The van der Waals surface area contributed by atoms with Gasteiger partial charge in [0.25, 0.3) is 5.91 Å². The molecule has 0 radical (unpaired) electrons. The highest BCUT2D eigenvalue weighted by atomic mass is 19.1. The van der Waals surface area contributed by atoms with Gasteiger partial charge in [-0.15, -0.1) is 0 Å². The van der Waals surface area contributed by atoms with Crippen LogP contribution >= 0.6 is 0 Å². The second-order valence-corrected chi connectivity index (χ2v) is 8.09. The first-order chi connectivity index (χ1) is 15.9. The van der Waals surface area contributed by atoms with Crippen molar-refractivity contribution in [2.45, 2.75) is 51.1 Å². The van der Waals surface area contributed by atoms with Gasteiger partial charge in [0.15, 0.2) is 6.04 Å². The largest absolute Gasteiger partial charge is 0.464 e. The number of hydrogen-bond donors (Lipinski definition) is 2. The van der Waals surface area contributed by atoms with Crippen LogP contribution < -0.4 is 15.5 Å². The van der Waals surface area contributed by atoms with Crippen LogP contribution in [0, 0.1) is 12.7 Å². The number of hydrogen-bond acceptors (Lipinski definition) is 5. The monoisotopic (exact) mass is 459 g/mol. The number of benzene rings is 1. The van der Waals surface area contributed by atoms with E-state index in [2.05, 4.69) is 10.6 Å². The number of nitrogens with one attached hydrogen (secondary N) is 2. The summed E-state index contributed by atoms with van der Waals surface area (Å²) in [5.41, 5.74) is 0.195. The number of rotatable bonds is 8. The van der Waals surface area contributed by atoms with Crippen molar-refractivity contribution in [1.82, 2.24) is 10.6 Å². The van der Waals surface area contributed by atoms with Gasteiger partial charge in [0.2, 0.25) is 0 Å². The van der Waals surface area contributed by atoms with Crippen LogP contribution in [0.2, 0.25) is 0 Å². The van der Waals surface area contributed by atoms with Crippen LogP contribution in [0.3, 0.4) is 0 Å². The Balaban J connectivity index is 1.96. The molecule has 2 N–H and O–H groups in total. The van der Waals surface area contributed by atoms with E-state index in [0.717, 1.165) is 37.0 Å². The lowest BCUT2D eigenvalue weighted by Crippen LogP contribution is -2.51. The first-order valence-corrected chi connectivity index (χ1v) is 11.1. The number of anilines is 1. The zero-order valence-electron chi connectivity index (χ0n) is 18.9. The maximum Gasteiger partial charge on any atom is 0.317 e. The Morgan fingerprint density at radius 1 is 1.12 bits per heavy atom. The summed E-state index contributed by atoms with van der Waals surface area (Å²) in [7, 11) is 1.50. The molecule has 9 heteroatoms. The Labute approximate surface area is 192 Å². The molecule has 0 bridgehead atoms. The fraction of sp³-hybridized carbons (Fsp3) is 0.458. The Morgan fingerprint density at radius 3 is 2.42 bits per heavy atom. The summed E-state index contributed by atoms with van der Waals surface area (Å²) in [4.78, 5) is 40.6. The van der Waals surface area contributed by atoms with Gasteiger partial charge in [-0.2, -0.15) is 0 Å². The van der Waals surface area contributed by atoms with Gasteiger partial charge >= 0.3 is 11.8 Å². The van der Waals surface area contributed by atoms with Crippen LogP contribution in [0.5, 0.6) is 0 Å². The van der Waals surface area contributed by atoms with Crippen molar-refractivity contribution in [3.63, 3.8) is 0 Å². The Hall–Kier alpha value is -3.20. The summed E-state index contributed by atoms with van der Waals surface area (Å²) >= 11 is 0. The van der Waals surface area contributed by atoms with Crippen molar-refractivity contribution < 1.29 is 27.9 Å². The van der Waals surface area contributed by atoms with E-state index in [0.29, 0.717) is 5.76 Å². The van der Waals surface area contributed by atoms with Crippen molar-refractivity contribution >= 4 is 23.4 Å². The lowest BCUT2D eigenvalue weighted by Gasteiger charge is -2.30. The van der Waals surface area contributed by atoms with E-state index in [1.165, 1.54) is 31.4 Å². The van der Waals surface area contributed by atoms with E-state index >= 15 is 0 Å². The van der Waals surface area contributed by atoms with Gasteiger partial charge in [-0.1, -0.05) is 19.3 Å². The molecule has 33 heavy (non-hydrogen) atoms. The van der Waals surface area contributed by atoms with E-state index < -0.39 is 29.6 Å². The highest BCUT2D eigenvalue weighted by Crippen LogP contribution is 2.30. The van der Waals surface area contributed by atoms with Crippen molar-refractivity contribution in [3.05, 3.63) is 53.7 Å². The van der Waals surface area contributed by atoms with E-state index in [1.54, 1.807) is 19.1 Å². The van der Waals surface area contributed by atoms with Crippen LogP contribution in [-0.4, -0.2) is 44.0 Å². The molecule has 1 saturated carbocycles. The first-order valence-electron chi connectivity index (χ1n) is 11.1. The van der Waals surface area contributed by atoms with Gasteiger partial charge in [-0.3, -0.25) is 19.3 Å². The van der Waals surface area contributed by atoms with Gasteiger partial charge in [0.1, 0.15) is 17.3 Å². The Morgan fingerprint density at radius 2 is 1.82 bits per heavy atom. The molecule has 1 fully saturated rings. The van der Waals surface area contributed by atoms with Crippen molar-refractivity contribution in [1.29, 1.82) is 0 Å². The van der Waals surface area contributed by atoms with E-state index in [-0.39, 0.29) is 30.6 Å². The molecule has 3 rings (SSSR count). The van der Waals surface area contributed by atoms with Crippen LogP contribution in [-0.2, 0) is 19.1 Å². The third-order valence-corrected chi connectivity index (χ3v) is 5.60. The molecule has 8 nitrogen and oxygen atoms in total. The number of halogens is 1. The molecule has 0 unspecified atom stereocenters. The summed E-state index contributed by atoms with van der Waals surface area (Å²) in [5, 5.41) is 5.50. The number of amides is 3. The highest BCUT2D eigenvalue weighted by molar-refractivity contribution is 6.41. The molecule has 178 valence electrons. The van der Waals surface area contributed by atoms with Gasteiger partial charge in [0, 0.05) is 25.4 Å². The summed E-state index contributed by atoms with van der Waals surface area (Å²) in [5.74, 6) is -2.07. The summed E-state index contributed by atoms with van der Waals surface area (Å²) in [6.45, 7) is 2.18. The SMILES string of the molecule is COCCNC(=O)[C@@H](c1ccc(C)o1)N(C(=O)C(=O)NC1CCCCC1)c1ccc(F)cc1. The van der Waals surface area contributed by atoms with Crippen molar-refractivity contribution in [3.8, 4) is 0 Å². The average molecular weight is 460 g/mol. The molecule has 1 aliphatic carbocycles. The predicted octanol–water partition coefficient (Wildman–Crippen LogP) is 3.01. The van der Waals surface area contributed by atoms with Gasteiger partial charge in [-0.05, 0) is 56.2 Å². The number of nitrogens with zero attached hydrogens (tertiary/aromatic N) is 1. The molecule has 1 aliphatic rings. The van der Waals surface area contributed by atoms with Gasteiger partial charge in [0.05, 0.1) is 6.61 Å². The number of methoxy groups -OCH3 is 1. The van der Waals surface area contributed by atoms with Crippen molar-refractivity contribution in [2.75, 3.05) is 25.2 Å².